The van der Waals surface area contributed by atoms with E-state index in [2.05, 4.69) is 23.7 Å². The number of aromatic nitrogens is 2. The van der Waals surface area contributed by atoms with Gasteiger partial charge in [0, 0.05) is 17.8 Å². The van der Waals surface area contributed by atoms with Gasteiger partial charge in [-0.25, -0.2) is 0 Å². The second-order valence-corrected chi connectivity index (χ2v) is 3.53. The number of ether oxygens (including phenoxy) is 1. The highest BCUT2D eigenvalue weighted by Crippen LogP contribution is 2.07. The van der Waals surface area contributed by atoms with Crippen molar-refractivity contribution in [1.82, 2.24) is 9.78 Å². The maximum Gasteiger partial charge on any atom is 0.309 e. The van der Waals surface area contributed by atoms with E-state index in [-0.39, 0.29) is 5.97 Å². The number of methoxy groups -OCH3 is 1. The average molecular weight is 208 g/mol. The first-order valence-corrected chi connectivity index (χ1v) is 4.91. The number of nitrogens with zero attached hydrogens (tertiary/aromatic N) is 2. The van der Waals surface area contributed by atoms with Crippen LogP contribution in [0, 0.1) is 0 Å². The first-order chi connectivity index (χ1) is 7.13. The molecule has 0 amide bonds. The molecule has 1 rings (SSSR count). The maximum absolute atomic E-state index is 10.8. The van der Waals surface area contributed by atoms with Gasteiger partial charge in [0.05, 0.1) is 19.7 Å². The van der Waals surface area contributed by atoms with Gasteiger partial charge in [-0.05, 0) is 13.8 Å². The van der Waals surface area contributed by atoms with Crippen LogP contribution in [0.3, 0.4) is 0 Å². The van der Waals surface area contributed by atoms with Gasteiger partial charge in [-0.3, -0.25) is 9.48 Å². The van der Waals surface area contributed by atoms with Gasteiger partial charge in [0.25, 0.3) is 0 Å². The summed E-state index contributed by atoms with van der Waals surface area (Å²) in [5.41, 5.74) is 0.993. The summed E-state index contributed by atoms with van der Waals surface area (Å²) in [6.07, 6.45) is 7.64. The molecule has 0 atom stereocenters. The minimum Gasteiger partial charge on any atom is -0.469 e. The van der Waals surface area contributed by atoms with Crippen molar-refractivity contribution >= 4 is 12.0 Å². The Morgan fingerprint density at radius 2 is 2.40 bits per heavy atom. The van der Waals surface area contributed by atoms with Crippen molar-refractivity contribution in [2.45, 2.75) is 26.3 Å². The van der Waals surface area contributed by atoms with Gasteiger partial charge >= 0.3 is 5.97 Å². The molecule has 0 bridgehead atoms. The summed E-state index contributed by atoms with van der Waals surface area (Å²) in [5, 5.41) is 4.18. The molecule has 0 radical (unpaired) electrons. The standard InChI is InChI=1S/C11H16N2O2/c1-9(2)13-8-10(7-12-13)5-4-6-11(14)15-3/h4-5,7-9H,6H2,1-3H3. The molecule has 4 nitrogen and oxygen atoms in total. The van der Waals surface area contributed by atoms with E-state index in [0.29, 0.717) is 12.5 Å². The van der Waals surface area contributed by atoms with Gasteiger partial charge in [0.15, 0.2) is 0 Å². The summed E-state index contributed by atoms with van der Waals surface area (Å²) in [6, 6.07) is 0.354. The third-order valence-electron chi connectivity index (χ3n) is 1.97. The fraction of sp³-hybridized carbons (Fsp3) is 0.455. The smallest absolute Gasteiger partial charge is 0.309 e. The number of rotatable bonds is 4. The first-order valence-electron chi connectivity index (χ1n) is 4.91. The molecule has 4 heteroatoms. The van der Waals surface area contributed by atoms with Crippen LogP contribution in [0.1, 0.15) is 31.9 Å². The summed E-state index contributed by atoms with van der Waals surface area (Å²) in [5.74, 6) is -0.234. The van der Waals surface area contributed by atoms with Gasteiger partial charge in [-0.1, -0.05) is 12.2 Å². The highest BCUT2D eigenvalue weighted by molar-refractivity contribution is 5.72. The lowest BCUT2D eigenvalue weighted by molar-refractivity contribution is -0.139. The third kappa shape index (κ3) is 3.58. The lowest BCUT2D eigenvalue weighted by atomic mass is 10.3. The Kier molecular flexibility index (Phi) is 4.09. The molecule has 0 saturated carbocycles. The second kappa shape index (κ2) is 5.34. The number of carbonyl (C=O) groups is 1. The number of carbonyl (C=O) groups excluding carboxylic acids is 1. The Bertz CT molecular complexity index is 353. The van der Waals surface area contributed by atoms with E-state index in [1.165, 1.54) is 7.11 Å². The lowest BCUT2D eigenvalue weighted by Crippen LogP contribution is -1.99. The third-order valence-corrected chi connectivity index (χ3v) is 1.97. The van der Waals surface area contributed by atoms with E-state index >= 15 is 0 Å². The van der Waals surface area contributed by atoms with Gasteiger partial charge in [0.2, 0.25) is 0 Å². The Balaban J connectivity index is 2.53. The van der Waals surface area contributed by atoms with Crippen LogP contribution in [-0.4, -0.2) is 22.9 Å². The van der Waals surface area contributed by atoms with Crippen molar-refractivity contribution in [3.05, 3.63) is 24.0 Å². The Morgan fingerprint density at radius 3 is 2.93 bits per heavy atom. The van der Waals surface area contributed by atoms with Crippen molar-refractivity contribution in [3.8, 4) is 0 Å². The molecular weight excluding hydrogens is 192 g/mol. The molecule has 0 spiro atoms. The Hall–Kier alpha value is -1.58. The summed E-state index contributed by atoms with van der Waals surface area (Å²) in [7, 11) is 1.38. The zero-order valence-electron chi connectivity index (χ0n) is 9.30. The van der Waals surface area contributed by atoms with Gasteiger partial charge < -0.3 is 4.74 Å². The Morgan fingerprint density at radius 1 is 1.67 bits per heavy atom. The van der Waals surface area contributed by atoms with Crippen LogP contribution in [0.2, 0.25) is 0 Å². The highest BCUT2D eigenvalue weighted by atomic mass is 16.5. The quantitative estimate of drug-likeness (QED) is 0.711. The maximum atomic E-state index is 10.8. The van der Waals surface area contributed by atoms with Crippen molar-refractivity contribution in [3.63, 3.8) is 0 Å². The first kappa shape index (κ1) is 11.5. The van der Waals surface area contributed by atoms with Crippen LogP contribution in [0.4, 0.5) is 0 Å². The molecule has 0 saturated heterocycles. The molecule has 82 valence electrons. The molecule has 0 N–H and O–H groups in total. The van der Waals surface area contributed by atoms with Gasteiger partial charge in [0.1, 0.15) is 0 Å². The number of esters is 1. The summed E-state index contributed by atoms with van der Waals surface area (Å²) >= 11 is 0. The molecular formula is C11H16N2O2. The van der Waals surface area contributed by atoms with Crippen LogP contribution in [0.15, 0.2) is 18.5 Å². The molecule has 1 aromatic rings. The molecule has 0 aliphatic heterocycles. The minimum absolute atomic E-state index is 0.234. The summed E-state index contributed by atoms with van der Waals surface area (Å²) < 4.78 is 6.39. The lowest BCUT2D eigenvalue weighted by Gasteiger charge is -2.02. The topological polar surface area (TPSA) is 44.1 Å². The number of hydrogen-bond acceptors (Lipinski definition) is 3. The number of hydrogen-bond donors (Lipinski definition) is 0. The zero-order chi connectivity index (χ0) is 11.3. The van der Waals surface area contributed by atoms with Gasteiger partial charge in [-0.2, -0.15) is 5.10 Å². The van der Waals surface area contributed by atoms with Crippen molar-refractivity contribution in [1.29, 1.82) is 0 Å². The molecule has 0 aromatic carbocycles. The fourth-order valence-corrected chi connectivity index (χ4v) is 1.10. The molecule has 0 unspecified atom stereocenters. The molecule has 15 heavy (non-hydrogen) atoms. The van der Waals surface area contributed by atoms with E-state index in [1.54, 1.807) is 12.3 Å². The van der Waals surface area contributed by atoms with E-state index in [9.17, 15) is 4.79 Å². The van der Waals surface area contributed by atoms with Gasteiger partial charge in [-0.15, -0.1) is 0 Å². The van der Waals surface area contributed by atoms with Crippen molar-refractivity contribution < 1.29 is 9.53 Å². The average Bonchev–Trinajstić information content (AvgIpc) is 2.66. The molecule has 1 aromatic heterocycles. The van der Waals surface area contributed by atoms with E-state index in [1.807, 2.05) is 17.0 Å². The SMILES string of the molecule is COC(=O)CC=Cc1cnn(C(C)C)c1. The van der Waals surface area contributed by atoms with E-state index in [0.717, 1.165) is 5.56 Å². The molecule has 0 fully saturated rings. The van der Waals surface area contributed by atoms with Crippen molar-refractivity contribution in [2.24, 2.45) is 0 Å². The van der Waals surface area contributed by atoms with Crippen LogP contribution >= 0.6 is 0 Å². The van der Waals surface area contributed by atoms with Crippen LogP contribution < -0.4 is 0 Å². The van der Waals surface area contributed by atoms with Crippen LogP contribution in [0.5, 0.6) is 0 Å². The van der Waals surface area contributed by atoms with E-state index < -0.39 is 0 Å². The summed E-state index contributed by atoms with van der Waals surface area (Å²) in [4.78, 5) is 10.8. The normalized spacial score (nSPS) is 11.2. The largest absolute Gasteiger partial charge is 0.469 e. The predicted octanol–water partition coefficient (Wildman–Crippen LogP) is 2.04. The monoisotopic (exact) mass is 208 g/mol. The highest BCUT2D eigenvalue weighted by Gasteiger charge is 1.99. The Labute approximate surface area is 89.5 Å². The molecule has 0 aliphatic carbocycles. The van der Waals surface area contributed by atoms with Crippen molar-refractivity contribution in [2.75, 3.05) is 7.11 Å². The molecule has 1 heterocycles. The predicted molar refractivity (Wildman–Crippen MR) is 58.3 cm³/mol. The van der Waals surface area contributed by atoms with Crippen LogP contribution in [0.25, 0.3) is 6.08 Å². The zero-order valence-corrected chi connectivity index (χ0v) is 9.30. The molecule has 0 aliphatic rings. The van der Waals surface area contributed by atoms with Crippen LogP contribution in [-0.2, 0) is 9.53 Å². The fourth-order valence-electron chi connectivity index (χ4n) is 1.10. The minimum atomic E-state index is -0.234. The second-order valence-electron chi connectivity index (χ2n) is 3.53. The summed E-state index contributed by atoms with van der Waals surface area (Å²) in [6.45, 7) is 4.13. The van der Waals surface area contributed by atoms with E-state index in [4.69, 9.17) is 0 Å².